The zero-order chi connectivity index (χ0) is 15.5. The van der Waals surface area contributed by atoms with Crippen molar-refractivity contribution < 1.29 is 13.2 Å². The summed E-state index contributed by atoms with van der Waals surface area (Å²) in [6.07, 6.45) is 4.13. The number of piperidine rings is 1. The van der Waals surface area contributed by atoms with Crippen molar-refractivity contribution in [1.82, 2.24) is 14.5 Å². The number of nitrogens with one attached hydrogen (secondary N) is 1. The quantitative estimate of drug-likeness (QED) is 0.871. The van der Waals surface area contributed by atoms with E-state index in [4.69, 9.17) is 0 Å². The first-order valence-electron chi connectivity index (χ1n) is 6.98. The molecule has 0 aliphatic carbocycles. The van der Waals surface area contributed by atoms with E-state index in [1.807, 2.05) is 0 Å². The number of hydrogen-bond donors (Lipinski definition) is 1. The highest BCUT2D eigenvalue weighted by molar-refractivity contribution is 7.88. The molecule has 21 heavy (non-hydrogen) atoms. The molecule has 7 nitrogen and oxygen atoms in total. The minimum Gasteiger partial charge on any atom is -0.300 e. The fourth-order valence-electron chi connectivity index (χ4n) is 2.28. The number of anilines is 1. The van der Waals surface area contributed by atoms with E-state index >= 15 is 0 Å². The lowest BCUT2D eigenvalue weighted by atomic mass is 9.97. The summed E-state index contributed by atoms with van der Waals surface area (Å²) in [7, 11) is -3.16. The Morgan fingerprint density at radius 1 is 1.38 bits per heavy atom. The first kappa shape index (κ1) is 16.3. The van der Waals surface area contributed by atoms with Gasteiger partial charge in [0.1, 0.15) is 5.01 Å². The minimum atomic E-state index is -3.16. The van der Waals surface area contributed by atoms with Gasteiger partial charge in [0.25, 0.3) is 0 Å². The Morgan fingerprint density at radius 2 is 2.05 bits per heavy atom. The number of carbonyl (C=O) groups is 1. The van der Waals surface area contributed by atoms with E-state index in [0.29, 0.717) is 31.1 Å². The van der Waals surface area contributed by atoms with Gasteiger partial charge in [0.15, 0.2) is 0 Å². The van der Waals surface area contributed by atoms with E-state index in [9.17, 15) is 13.2 Å². The first-order valence-corrected chi connectivity index (χ1v) is 9.65. The van der Waals surface area contributed by atoms with E-state index in [1.165, 1.54) is 21.9 Å². The summed E-state index contributed by atoms with van der Waals surface area (Å²) >= 11 is 1.39. The van der Waals surface area contributed by atoms with Crippen LogP contribution in [0.25, 0.3) is 0 Å². The molecule has 1 aromatic heterocycles. The summed E-state index contributed by atoms with van der Waals surface area (Å²) in [5, 5.41) is 12.2. The summed E-state index contributed by atoms with van der Waals surface area (Å²) in [5.74, 6) is -0.260. The Morgan fingerprint density at radius 3 is 2.62 bits per heavy atom. The third kappa shape index (κ3) is 4.45. The van der Waals surface area contributed by atoms with Gasteiger partial charge in [-0.1, -0.05) is 18.3 Å². The highest BCUT2D eigenvalue weighted by Gasteiger charge is 2.29. The SMILES string of the molecule is CCCc1nnc(NC(=O)C2CCN(S(C)(=O)=O)CC2)s1. The van der Waals surface area contributed by atoms with Crippen molar-refractivity contribution in [1.29, 1.82) is 0 Å². The van der Waals surface area contributed by atoms with Gasteiger partial charge >= 0.3 is 0 Å². The molecule has 1 aliphatic rings. The number of nitrogens with zero attached hydrogens (tertiary/aromatic N) is 3. The summed E-state index contributed by atoms with van der Waals surface area (Å²) in [5.41, 5.74) is 0. The molecule has 2 rings (SSSR count). The number of rotatable bonds is 5. The molecule has 0 atom stereocenters. The van der Waals surface area contributed by atoms with Crippen LogP contribution in [0.5, 0.6) is 0 Å². The largest absolute Gasteiger partial charge is 0.300 e. The van der Waals surface area contributed by atoms with Gasteiger partial charge in [0.2, 0.25) is 21.1 Å². The van der Waals surface area contributed by atoms with E-state index in [1.54, 1.807) is 0 Å². The Kier molecular flexibility index (Phi) is 5.28. The second-order valence-corrected chi connectivity index (χ2v) is 8.22. The topological polar surface area (TPSA) is 92.3 Å². The molecule has 0 unspecified atom stereocenters. The molecule has 0 saturated carbocycles. The third-order valence-corrected chi connectivity index (χ3v) is 5.66. The number of carbonyl (C=O) groups excluding carboxylic acids is 1. The smallest absolute Gasteiger partial charge is 0.229 e. The molecular formula is C12H20N4O3S2. The maximum absolute atomic E-state index is 12.2. The van der Waals surface area contributed by atoms with Gasteiger partial charge in [-0.05, 0) is 19.3 Å². The molecule has 0 aromatic carbocycles. The number of amides is 1. The molecule has 0 bridgehead atoms. The van der Waals surface area contributed by atoms with Crippen molar-refractivity contribution in [2.24, 2.45) is 5.92 Å². The maximum Gasteiger partial charge on any atom is 0.229 e. The Bertz CT molecular complexity index is 591. The van der Waals surface area contributed by atoms with Crippen molar-refractivity contribution in [2.45, 2.75) is 32.6 Å². The Labute approximate surface area is 128 Å². The average molecular weight is 332 g/mol. The first-order chi connectivity index (χ1) is 9.90. The van der Waals surface area contributed by atoms with Gasteiger partial charge in [-0.25, -0.2) is 12.7 Å². The molecule has 1 fully saturated rings. The fraction of sp³-hybridized carbons (Fsp3) is 0.750. The van der Waals surface area contributed by atoms with Crippen molar-refractivity contribution in [3.8, 4) is 0 Å². The van der Waals surface area contributed by atoms with E-state index < -0.39 is 10.0 Å². The van der Waals surface area contributed by atoms with Crippen molar-refractivity contribution in [3.05, 3.63) is 5.01 Å². The zero-order valence-corrected chi connectivity index (χ0v) is 13.8. The molecule has 0 radical (unpaired) electrons. The lowest BCUT2D eigenvalue weighted by Gasteiger charge is -2.29. The lowest BCUT2D eigenvalue weighted by Crippen LogP contribution is -2.40. The predicted octanol–water partition coefficient (Wildman–Crippen LogP) is 1.10. The highest BCUT2D eigenvalue weighted by atomic mass is 32.2. The second-order valence-electron chi connectivity index (χ2n) is 5.18. The average Bonchev–Trinajstić information content (AvgIpc) is 2.86. The van der Waals surface area contributed by atoms with Crippen molar-refractivity contribution in [3.63, 3.8) is 0 Å². The monoisotopic (exact) mass is 332 g/mol. The molecule has 1 saturated heterocycles. The number of hydrogen-bond acceptors (Lipinski definition) is 6. The fourth-order valence-corrected chi connectivity index (χ4v) is 3.99. The van der Waals surface area contributed by atoms with Crippen LogP contribution in [0.15, 0.2) is 0 Å². The lowest BCUT2D eigenvalue weighted by molar-refractivity contribution is -0.120. The van der Waals surface area contributed by atoms with Crippen LogP contribution in [-0.2, 0) is 21.2 Å². The minimum absolute atomic E-state index is 0.0950. The van der Waals surface area contributed by atoms with Gasteiger partial charge < -0.3 is 5.32 Å². The van der Waals surface area contributed by atoms with Crippen molar-refractivity contribution >= 4 is 32.4 Å². The molecule has 1 aliphatic heterocycles. The van der Waals surface area contributed by atoms with Crippen LogP contribution in [0.4, 0.5) is 5.13 Å². The molecule has 0 spiro atoms. The molecule has 1 N–H and O–H groups in total. The molecule has 9 heteroatoms. The van der Waals surface area contributed by atoms with Crippen LogP contribution in [0.1, 0.15) is 31.2 Å². The summed E-state index contributed by atoms with van der Waals surface area (Å²) in [6, 6.07) is 0. The summed E-state index contributed by atoms with van der Waals surface area (Å²) in [6.45, 7) is 2.86. The number of aryl methyl sites for hydroxylation is 1. The van der Waals surface area contributed by atoms with Crippen LogP contribution in [0, 0.1) is 5.92 Å². The van der Waals surface area contributed by atoms with E-state index in [-0.39, 0.29) is 11.8 Å². The molecule has 1 aromatic rings. The van der Waals surface area contributed by atoms with Crippen LogP contribution in [-0.4, -0.2) is 48.2 Å². The van der Waals surface area contributed by atoms with Crippen LogP contribution >= 0.6 is 11.3 Å². The normalized spacial score (nSPS) is 17.8. The van der Waals surface area contributed by atoms with Crippen LogP contribution < -0.4 is 5.32 Å². The van der Waals surface area contributed by atoms with E-state index in [0.717, 1.165) is 17.8 Å². The predicted molar refractivity (Wildman–Crippen MR) is 81.7 cm³/mol. The number of sulfonamides is 1. The zero-order valence-electron chi connectivity index (χ0n) is 12.2. The maximum atomic E-state index is 12.2. The van der Waals surface area contributed by atoms with Gasteiger partial charge in [-0.3, -0.25) is 4.79 Å². The third-order valence-electron chi connectivity index (χ3n) is 3.45. The van der Waals surface area contributed by atoms with E-state index in [2.05, 4.69) is 22.4 Å². The molecule has 1 amide bonds. The molecule has 118 valence electrons. The standard InChI is InChI=1S/C12H20N4O3S2/c1-3-4-10-14-15-12(20-10)13-11(17)9-5-7-16(8-6-9)21(2,18)19/h9H,3-8H2,1-2H3,(H,13,15,17). The number of aromatic nitrogens is 2. The van der Waals surface area contributed by atoms with Gasteiger partial charge in [-0.15, -0.1) is 10.2 Å². The Balaban J connectivity index is 1.87. The van der Waals surface area contributed by atoms with Crippen molar-refractivity contribution in [2.75, 3.05) is 24.7 Å². The van der Waals surface area contributed by atoms with Crippen LogP contribution in [0.2, 0.25) is 0 Å². The summed E-state index contributed by atoms with van der Waals surface area (Å²) in [4.78, 5) is 12.2. The van der Waals surface area contributed by atoms with Gasteiger partial charge in [0.05, 0.1) is 6.26 Å². The second kappa shape index (κ2) is 6.80. The van der Waals surface area contributed by atoms with Gasteiger partial charge in [-0.2, -0.15) is 0 Å². The van der Waals surface area contributed by atoms with Crippen LogP contribution in [0.3, 0.4) is 0 Å². The summed E-state index contributed by atoms with van der Waals surface area (Å²) < 4.78 is 24.3. The Hall–Kier alpha value is -1.06. The highest BCUT2D eigenvalue weighted by Crippen LogP contribution is 2.22. The molecular weight excluding hydrogens is 312 g/mol. The van der Waals surface area contributed by atoms with Gasteiger partial charge in [0, 0.05) is 25.4 Å². The molecule has 2 heterocycles.